The number of hydrogen-bond acceptors (Lipinski definition) is 4. The molecule has 1 aromatic heterocycles. The van der Waals surface area contributed by atoms with E-state index in [-0.39, 0.29) is 11.3 Å². The number of pyridine rings is 1. The summed E-state index contributed by atoms with van der Waals surface area (Å²) in [5, 5.41) is 11.4. The molecule has 7 nitrogen and oxygen atoms in total. The molecule has 1 aromatic carbocycles. The number of rotatable bonds is 4. The second-order valence-corrected chi connectivity index (χ2v) is 4.13. The predicted molar refractivity (Wildman–Crippen MR) is 74.1 cm³/mol. The number of amides is 2. The maximum Gasteiger partial charge on any atom is 0.354 e. The van der Waals surface area contributed by atoms with E-state index in [4.69, 9.17) is 10.8 Å². The minimum atomic E-state index is -1.21. The van der Waals surface area contributed by atoms with Crippen molar-refractivity contribution >= 4 is 23.5 Å². The van der Waals surface area contributed by atoms with Crippen molar-refractivity contribution in [2.24, 2.45) is 5.73 Å². The van der Waals surface area contributed by atoms with E-state index in [1.807, 2.05) is 0 Å². The summed E-state index contributed by atoms with van der Waals surface area (Å²) in [6.07, 6.45) is 1.24. The number of primary amides is 1. The van der Waals surface area contributed by atoms with Gasteiger partial charge in [-0.05, 0) is 36.4 Å². The fraction of sp³-hybridized carbons (Fsp3) is 0. The molecule has 0 radical (unpaired) electrons. The minimum absolute atomic E-state index is 0.168. The summed E-state index contributed by atoms with van der Waals surface area (Å²) in [5.74, 6) is -2.25. The third kappa shape index (κ3) is 3.41. The summed E-state index contributed by atoms with van der Waals surface area (Å²) < 4.78 is 0. The second kappa shape index (κ2) is 5.83. The van der Waals surface area contributed by atoms with E-state index in [2.05, 4.69) is 10.3 Å². The first-order chi connectivity index (χ1) is 9.97. The maximum atomic E-state index is 12.0. The normalized spacial score (nSPS) is 9.90. The summed E-state index contributed by atoms with van der Waals surface area (Å²) >= 11 is 0. The van der Waals surface area contributed by atoms with E-state index in [9.17, 15) is 14.4 Å². The Morgan fingerprint density at radius 3 is 2.29 bits per heavy atom. The molecule has 0 saturated carbocycles. The zero-order chi connectivity index (χ0) is 15.4. The Hall–Kier alpha value is -3.22. The lowest BCUT2D eigenvalue weighted by atomic mass is 10.2. The molecule has 2 rings (SSSR count). The van der Waals surface area contributed by atoms with Crippen LogP contribution in [-0.2, 0) is 0 Å². The van der Waals surface area contributed by atoms with Crippen molar-refractivity contribution in [3.63, 3.8) is 0 Å². The van der Waals surface area contributed by atoms with Gasteiger partial charge in [-0.15, -0.1) is 0 Å². The highest BCUT2D eigenvalue weighted by molar-refractivity contribution is 6.05. The topological polar surface area (TPSA) is 122 Å². The Morgan fingerprint density at radius 2 is 1.71 bits per heavy atom. The monoisotopic (exact) mass is 285 g/mol. The Morgan fingerprint density at radius 1 is 1.05 bits per heavy atom. The number of carbonyl (C=O) groups excluding carboxylic acids is 2. The van der Waals surface area contributed by atoms with Crippen molar-refractivity contribution < 1.29 is 19.5 Å². The van der Waals surface area contributed by atoms with Crippen LogP contribution in [0.3, 0.4) is 0 Å². The molecule has 0 aliphatic heterocycles. The quantitative estimate of drug-likeness (QED) is 0.777. The van der Waals surface area contributed by atoms with Crippen molar-refractivity contribution in [2.75, 3.05) is 5.32 Å². The highest BCUT2D eigenvalue weighted by Gasteiger charge is 2.11. The molecule has 0 aliphatic carbocycles. The van der Waals surface area contributed by atoms with Gasteiger partial charge in [0.15, 0.2) is 0 Å². The van der Waals surface area contributed by atoms with Crippen LogP contribution in [0.4, 0.5) is 5.69 Å². The van der Waals surface area contributed by atoms with Crippen LogP contribution in [0.15, 0.2) is 42.6 Å². The van der Waals surface area contributed by atoms with Crippen LogP contribution in [0, 0.1) is 0 Å². The van der Waals surface area contributed by atoms with E-state index >= 15 is 0 Å². The first kappa shape index (κ1) is 14.2. The van der Waals surface area contributed by atoms with Gasteiger partial charge in [0.1, 0.15) is 5.69 Å². The zero-order valence-corrected chi connectivity index (χ0v) is 10.7. The lowest BCUT2D eigenvalue weighted by molar-refractivity contribution is 0.0690. The average molecular weight is 285 g/mol. The molecule has 7 heteroatoms. The number of nitrogens with zero attached hydrogens (tertiary/aromatic N) is 1. The molecular weight excluding hydrogens is 274 g/mol. The number of hydrogen-bond donors (Lipinski definition) is 3. The molecule has 0 aliphatic rings. The van der Waals surface area contributed by atoms with Gasteiger partial charge < -0.3 is 16.2 Å². The smallest absolute Gasteiger partial charge is 0.354 e. The molecule has 0 bridgehead atoms. The molecule has 21 heavy (non-hydrogen) atoms. The van der Waals surface area contributed by atoms with Crippen LogP contribution < -0.4 is 11.1 Å². The number of benzene rings is 1. The summed E-state index contributed by atoms with van der Waals surface area (Å²) in [6.45, 7) is 0. The fourth-order valence-electron chi connectivity index (χ4n) is 1.61. The highest BCUT2D eigenvalue weighted by Crippen LogP contribution is 2.11. The molecule has 2 aromatic rings. The molecule has 1 heterocycles. The number of anilines is 1. The zero-order valence-electron chi connectivity index (χ0n) is 10.7. The molecule has 0 saturated heterocycles. The van der Waals surface area contributed by atoms with Gasteiger partial charge in [-0.2, -0.15) is 0 Å². The third-order valence-corrected chi connectivity index (χ3v) is 2.67. The number of nitrogens with one attached hydrogen (secondary N) is 1. The largest absolute Gasteiger partial charge is 0.477 e. The van der Waals surface area contributed by atoms with E-state index in [0.717, 1.165) is 0 Å². The number of carbonyl (C=O) groups is 3. The molecule has 0 atom stereocenters. The number of nitrogens with two attached hydrogens (primary N) is 1. The Balaban J connectivity index is 2.16. The van der Waals surface area contributed by atoms with E-state index in [1.54, 1.807) is 0 Å². The SMILES string of the molecule is NC(=O)c1ccc(NC(=O)c2ccnc(C(=O)O)c2)cc1. The van der Waals surface area contributed by atoms with E-state index in [0.29, 0.717) is 11.3 Å². The first-order valence-corrected chi connectivity index (χ1v) is 5.88. The average Bonchev–Trinajstić information content (AvgIpc) is 2.48. The lowest BCUT2D eigenvalue weighted by Gasteiger charge is -2.06. The van der Waals surface area contributed by atoms with Gasteiger partial charge in [0, 0.05) is 23.0 Å². The molecule has 0 fully saturated rings. The molecule has 106 valence electrons. The second-order valence-electron chi connectivity index (χ2n) is 4.13. The van der Waals surface area contributed by atoms with Crippen LogP contribution in [0.25, 0.3) is 0 Å². The minimum Gasteiger partial charge on any atom is -0.477 e. The molecule has 0 spiro atoms. The van der Waals surface area contributed by atoms with Crippen LogP contribution in [0.2, 0.25) is 0 Å². The van der Waals surface area contributed by atoms with E-state index < -0.39 is 17.8 Å². The van der Waals surface area contributed by atoms with Gasteiger partial charge in [0.05, 0.1) is 0 Å². The lowest BCUT2D eigenvalue weighted by Crippen LogP contribution is -2.14. The van der Waals surface area contributed by atoms with Crippen LogP contribution in [0.5, 0.6) is 0 Å². The van der Waals surface area contributed by atoms with Crippen molar-refractivity contribution in [1.29, 1.82) is 0 Å². The standard InChI is InChI=1S/C14H11N3O4/c15-12(18)8-1-3-10(4-2-8)17-13(19)9-5-6-16-11(7-9)14(20)21/h1-7H,(H2,15,18)(H,17,19)(H,20,21). The van der Waals surface area contributed by atoms with Crippen molar-refractivity contribution in [3.05, 3.63) is 59.4 Å². The highest BCUT2D eigenvalue weighted by atomic mass is 16.4. The summed E-state index contributed by atoms with van der Waals surface area (Å²) in [7, 11) is 0. The van der Waals surface area contributed by atoms with Crippen LogP contribution >= 0.6 is 0 Å². The summed E-state index contributed by atoms with van der Waals surface area (Å²) in [4.78, 5) is 37.3. The molecule has 2 amide bonds. The van der Waals surface area contributed by atoms with Gasteiger partial charge in [-0.1, -0.05) is 0 Å². The molecule has 4 N–H and O–H groups in total. The van der Waals surface area contributed by atoms with E-state index in [1.165, 1.54) is 42.6 Å². The van der Waals surface area contributed by atoms with Crippen molar-refractivity contribution in [1.82, 2.24) is 4.98 Å². The van der Waals surface area contributed by atoms with Gasteiger partial charge in [-0.3, -0.25) is 9.59 Å². The molecule has 0 unspecified atom stereocenters. The number of aromatic carboxylic acids is 1. The van der Waals surface area contributed by atoms with Crippen molar-refractivity contribution in [3.8, 4) is 0 Å². The number of aromatic nitrogens is 1. The van der Waals surface area contributed by atoms with Gasteiger partial charge in [-0.25, -0.2) is 9.78 Å². The Bertz CT molecular complexity index is 710. The Labute approximate surface area is 119 Å². The van der Waals surface area contributed by atoms with Gasteiger partial charge >= 0.3 is 5.97 Å². The third-order valence-electron chi connectivity index (χ3n) is 2.67. The van der Waals surface area contributed by atoms with Gasteiger partial charge in [0.2, 0.25) is 5.91 Å². The Kier molecular flexibility index (Phi) is 3.94. The maximum absolute atomic E-state index is 12.0. The van der Waals surface area contributed by atoms with Crippen LogP contribution in [-0.4, -0.2) is 27.9 Å². The van der Waals surface area contributed by atoms with Crippen LogP contribution in [0.1, 0.15) is 31.2 Å². The molecular formula is C14H11N3O4. The van der Waals surface area contributed by atoms with Gasteiger partial charge in [0.25, 0.3) is 5.91 Å². The first-order valence-electron chi connectivity index (χ1n) is 5.88. The number of carboxylic acids is 1. The summed E-state index contributed by atoms with van der Waals surface area (Å²) in [5.41, 5.74) is 5.85. The number of carboxylic acid groups (broad SMARTS) is 1. The summed E-state index contributed by atoms with van der Waals surface area (Å²) in [6, 6.07) is 8.59. The van der Waals surface area contributed by atoms with Crippen molar-refractivity contribution in [2.45, 2.75) is 0 Å². The predicted octanol–water partition coefficient (Wildman–Crippen LogP) is 1.13. The fourth-order valence-corrected chi connectivity index (χ4v) is 1.61.